The zero-order valence-corrected chi connectivity index (χ0v) is 31.6. The summed E-state index contributed by atoms with van der Waals surface area (Å²) in [6.07, 6.45) is 0. The third-order valence-corrected chi connectivity index (χ3v) is 12.3. The van der Waals surface area contributed by atoms with Gasteiger partial charge in [-0.1, -0.05) is 81.9 Å². The Morgan fingerprint density at radius 2 is 1.14 bits per heavy atom. The molecule has 0 spiro atoms. The summed E-state index contributed by atoms with van der Waals surface area (Å²) in [5.74, 6) is 1.54. The van der Waals surface area contributed by atoms with Gasteiger partial charge in [-0.15, -0.1) is 0 Å². The van der Waals surface area contributed by atoms with Crippen LogP contribution in [0.3, 0.4) is 0 Å². The van der Waals surface area contributed by atoms with E-state index in [9.17, 15) is 0 Å². The number of para-hydroxylation sites is 1. The molecule has 0 saturated carbocycles. The first kappa shape index (κ1) is 30.6. The Balaban J connectivity index is 1.80. The van der Waals surface area contributed by atoms with Crippen LogP contribution in [0.25, 0.3) is 33.3 Å². The molecule has 37 heavy (non-hydrogen) atoms. The van der Waals surface area contributed by atoms with Crippen LogP contribution in [0.2, 0.25) is 0 Å². The summed E-state index contributed by atoms with van der Waals surface area (Å²) < 4.78 is 15.6. The van der Waals surface area contributed by atoms with Crippen molar-refractivity contribution in [2.45, 2.75) is 9.65 Å². The Hall–Kier alpha value is 0.640. The second kappa shape index (κ2) is 14.0. The first-order chi connectivity index (χ1) is 17.7. The molecule has 11 heteroatoms. The van der Waals surface area contributed by atoms with Crippen molar-refractivity contribution in [3.8, 4) is 33.9 Å². The molecule has 3 nitrogen and oxygen atoms in total. The van der Waals surface area contributed by atoms with Gasteiger partial charge in [0.1, 0.15) is 24.7 Å². The minimum absolute atomic E-state index is 0.218. The zero-order valence-electron chi connectivity index (χ0n) is 18.9. The fraction of sp³-hybridized carbons (Fsp3) is 0.231. The van der Waals surface area contributed by atoms with Gasteiger partial charge in [-0.25, -0.2) is 0 Å². The molecule has 0 aliphatic carbocycles. The van der Waals surface area contributed by atoms with Crippen LogP contribution < -0.4 is 9.47 Å². The molecule has 1 aromatic heterocycles. The van der Waals surface area contributed by atoms with E-state index in [2.05, 4.69) is 175 Å². The molecule has 196 valence electrons. The van der Waals surface area contributed by atoms with Crippen molar-refractivity contribution < 1.29 is 9.47 Å². The van der Waals surface area contributed by atoms with Crippen LogP contribution in [0.4, 0.5) is 0 Å². The van der Waals surface area contributed by atoms with Crippen LogP contribution in [0.1, 0.15) is 0 Å². The number of rotatable bonds is 10. The molecule has 3 aromatic carbocycles. The van der Waals surface area contributed by atoms with E-state index < -0.39 is 0 Å². The number of halogens is 8. The molecule has 2 unspecified atom stereocenters. The summed E-state index contributed by atoms with van der Waals surface area (Å²) in [6.45, 7) is 1.09. The van der Waals surface area contributed by atoms with E-state index in [0.29, 0.717) is 13.2 Å². The Bertz CT molecular complexity index is 1360. The zero-order chi connectivity index (χ0) is 26.7. The molecule has 0 aliphatic rings. The highest BCUT2D eigenvalue weighted by atomic mass is 79.9. The quantitative estimate of drug-likeness (QED) is 0.161. The van der Waals surface area contributed by atoms with Crippen molar-refractivity contribution in [1.82, 2.24) is 4.98 Å². The van der Waals surface area contributed by atoms with E-state index in [-0.39, 0.29) is 9.65 Å². The minimum Gasteiger partial charge on any atom is -0.490 e. The molecule has 4 aromatic rings. The molecule has 4 rings (SSSR count). The molecule has 1 N–H and O–H groups in total. The molecule has 0 radical (unpaired) electrons. The third-order valence-electron chi connectivity index (χ3n) is 5.43. The number of hydrogen-bond donors (Lipinski definition) is 1. The lowest BCUT2D eigenvalue weighted by molar-refractivity contribution is 0.321. The minimum atomic E-state index is 0.218. The van der Waals surface area contributed by atoms with Gasteiger partial charge in [0.15, 0.2) is 0 Å². The molecule has 1 heterocycles. The highest BCUT2D eigenvalue weighted by molar-refractivity contribution is 9.12. The predicted molar refractivity (Wildman–Crippen MR) is 184 cm³/mol. The summed E-state index contributed by atoms with van der Waals surface area (Å²) in [6, 6.07) is 16.7. The Morgan fingerprint density at radius 3 is 1.62 bits per heavy atom. The molecule has 0 saturated heterocycles. The first-order valence-corrected chi connectivity index (χ1v) is 18.2. The van der Waals surface area contributed by atoms with E-state index in [0.717, 1.165) is 73.3 Å². The lowest BCUT2D eigenvalue weighted by atomic mass is 9.98. The van der Waals surface area contributed by atoms with Gasteiger partial charge in [0.2, 0.25) is 0 Å². The Morgan fingerprint density at radius 1 is 0.676 bits per heavy atom. The highest BCUT2D eigenvalue weighted by Gasteiger charge is 2.21. The van der Waals surface area contributed by atoms with Crippen molar-refractivity contribution in [2.24, 2.45) is 0 Å². The number of ether oxygens (including phenoxy) is 2. The van der Waals surface area contributed by atoms with Gasteiger partial charge in [-0.05, 0) is 99.6 Å². The average molecular weight is 1020 g/mol. The number of aromatic amines is 1. The maximum absolute atomic E-state index is 6.08. The van der Waals surface area contributed by atoms with E-state index in [1.807, 2.05) is 6.07 Å². The van der Waals surface area contributed by atoms with Crippen LogP contribution in [0.5, 0.6) is 11.5 Å². The number of fused-ring (bicyclic) bond motifs is 1. The van der Waals surface area contributed by atoms with Crippen molar-refractivity contribution in [3.63, 3.8) is 0 Å². The van der Waals surface area contributed by atoms with Crippen LogP contribution >= 0.6 is 127 Å². The molecule has 0 bridgehead atoms. The van der Waals surface area contributed by atoms with Gasteiger partial charge in [0, 0.05) is 32.7 Å². The first-order valence-electron chi connectivity index (χ1n) is 11.0. The van der Waals surface area contributed by atoms with Crippen molar-refractivity contribution in [3.05, 3.63) is 66.4 Å². The third kappa shape index (κ3) is 7.29. The van der Waals surface area contributed by atoms with Gasteiger partial charge in [0.25, 0.3) is 0 Å². The van der Waals surface area contributed by atoms with Gasteiger partial charge in [-0.3, -0.25) is 0 Å². The molecular formula is C26H19Br8NO2. The number of nitrogens with one attached hydrogen (secondary N) is 1. The van der Waals surface area contributed by atoms with E-state index in [1.165, 1.54) is 0 Å². The normalized spacial score (nSPS) is 13.1. The van der Waals surface area contributed by atoms with Gasteiger partial charge in [-0.2, -0.15) is 0 Å². The fourth-order valence-electron chi connectivity index (χ4n) is 3.78. The number of H-pyrrole nitrogens is 1. The summed E-state index contributed by atoms with van der Waals surface area (Å²) >= 11 is 29.1. The topological polar surface area (TPSA) is 34.2 Å². The van der Waals surface area contributed by atoms with Crippen LogP contribution in [-0.4, -0.2) is 38.5 Å². The summed E-state index contributed by atoms with van der Waals surface area (Å²) in [7, 11) is 0. The monoisotopic (exact) mass is 1010 g/mol. The number of benzene rings is 3. The number of alkyl halides is 4. The van der Waals surface area contributed by atoms with E-state index in [4.69, 9.17) is 9.47 Å². The highest BCUT2D eigenvalue weighted by Crippen LogP contribution is 2.46. The van der Waals surface area contributed by atoms with Gasteiger partial charge < -0.3 is 14.5 Å². The van der Waals surface area contributed by atoms with Gasteiger partial charge in [0.05, 0.1) is 33.2 Å². The SMILES string of the molecule is BrCC(Br)COc1c(Br)cc(-c2[nH]c3ccccc3c2-c2cc(Br)c(OCC(Br)CBr)c(Br)c2)cc1Br. The Kier molecular flexibility index (Phi) is 11.6. The van der Waals surface area contributed by atoms with Crippen molar-refractivity contribution in [1.29, 1.82) is 0 Å². The maximum Gasteiger partial charge on any atom is 0.147 e. The largest absolute Gasteiger partial charge is 0.490 e. The lowest BCUT2D eigenvalue weighted by Crippen LogP contribution is -2.12. The molecule has 0 amide bonds. The summed E-state index contributed by atoms with van der Waals surface area (Å²) in [4.78, 5) is 4.08. The van der Waals surface area contributed by atoms with Crippen LogP contribution in [-0.2, 0) is 0 Å². The standard InChI is InChI=1S/C26H19Br8NO2/c27-9-15(29)11-36-25-18(31)5-13(6-19(25)32)23-17-3-1-2-4-22(17)35-24(23)14-7-20(33)26(21(34)8-14)37-12-16(30)10-28/h1-8,15-16,35H,9-12H2. The summed E-state index contributed by atoms with van der Waals surface area (Å²) in [5.41, 5.74) is 5.27. The van der Waals surface area contributed by atoms with Crippen molar-refractivity contribution in [2.75, 3.05) is 23.9 Å². The molecular weight excluding hydrogens is 998 g/mol. The second-order valence-corrected chi connectivity index (χ2v) is 15.4. The lowest BCUT2D eigenvalue weighted by Gasteiger charge is -2.16. The maximum atomic E-state index is 6.08. The smallest absolute Gasteiger partial charge is 0.147 e. The van der Waals surface area contributed by atoms with E-state index in [1.54, 1.807) is 0 Å². The molecule has 2 atom stereocenters. The number of hydrogen-bond acceptors (Lipinski definition) is 2. The van der Waals surface area contributed by atoms with Crippen LogP contribution in [0, 0.1) is 0 Å². The Labute approximate surface area is 283 Å². The van der Waals surface area contributed by atoms with Crippen molar-refractivity contribution >= 4 is 138 Å². The summed E-state index contributed by atoms with van der Waals surface area (Å²) in [5, 5.41) is 2.75. The van der Waals surface area contributed by atoms with Crippen LogP contribution in [0.15, 0.2) is 66.4 Å². The number of aromatic nitrogens is 1. The van der Waals surface area contributed by atoms with E-state index >= 15 is 0 Å². The molecule has 0 aliphatic heterocycles. The fourth-order valence-corrected chi connectivity index (χ4v) is 7.25. The molecule has 0 fully saturated rings. The second-order valence-electron chi connectivity index (χ2n) is 8.08. The average Bonchev–Trinajstić information content (AvgIpc) is 3.26. The predicted octanol–water partition coefficient (Wildman–Crippen LogP) is 11.6. The van der Waals surface area contributed by atoms with Gasteiger partial charge >= 0.3 is 0 Å².